The number of rotatable bonds is 3. The third-order valence-corrected chi connectivity index (χ3v) is 3.38. The van der Waals surface area contributed by atoms with E-state index in [9.17, 15) is 8.78 Å². The van der Waals surface area contributed by atoms with Crippen LogP contribution < -0.4 is 10.2 Å². The molecule has 1 aromatic heterocycles. The van der Waals surface area contributed by atoms with Crippen LogP contribution in [0.3, 0.4) is 0 Å². The Morgan fingerprint density at radius 3 is 2.65 bits per heavy atom. The van der Waals surface area contributed by atoms with Crippen LogP contribution in [0.15, 0.2) is 30.5 Å². The molecule has 0 radical (unpaired) electrons. The van der Waals surface area contributed by atoms with Gasteiger partial charge in [0.25, 0.3) is 5.92 Å². The number of fused-ring (bicyclic) bond motifs is 1. The SMILES string of the molecule is CC(C)Nc1ccnc2ccc(N3CC(F)(F)C3)cc12. The third-order valence-electron chi connectivity index (χ3n) is 3.38. The minimum Gasteiger partial charge on any atom is -0.382 e. The molecule has 1 aliphatic rings. The van der Waals surface area contributed by atoms with Crippen LogP contribution >= 0.6 is 0 Å². The molecule has 0 unspecified atom stereocenters. The summed E-state index contributed by atoms with van der Waals surface area (Å²) in [4.78, 5) is 6.00. The molecule has 2 aromatic rings. The quantitative estimate of drug-likeness (QED) is 0.930. The van der Waals surface area contributed by atoms with Gasteiger partial charge in [0.1, 0.15) is 0 Å². The standard InChI is InChI=1S/C15H17F2N3/c1-10(2)19-14-5-6-18-13-4-3-11(7-12(13)14)20-8-15(16,17)9-20/h3-7,10H,8-9H2,1-2H3,(H,18,19). The van der Waals surface area contributed by atoms with Gasteiger partial charge in [-0.3, -0.25) is 4.98 Å². The summed E-state index contributed by atoms with van der Waals surface area (Å²) >= 11 is 0. The number of aromatic nitrogens is 1. The Morgan fingerprint density at radius 1 is 1.25 bits per heavy atom. The van der Waals surface area contributed by atoms with Gasteiger partial charge < -0.3 is 10.2 Å². The van der Waals surface area contributed by atoms with E-state index in [-0.39, 0.29) is 13.1 Å². The number of nitrogens with zero attached hydrogens (tertiary/aromatic N) is 2. The highest BCUT2D eigenvalue weighted by molar-refractivity contribution is 5.93. The fourth-order valence-electron chi connectivity index (χ4n) is 2.46. The zero-order chi connectivity index (χ0) is 14.3. The molecule has 5 heteroatoms. The lowest BCUT2D eigenvalue weighted by atomic mass is 10.1. The van der Waals surface area contributed by atoms with Gasteiger partial charge in [0.15, 0.2) is 0 Å². The maximum Gasteiger partial charge on any atom is 0.282 e. The monoisotopic (exact) mass is 277 g/mol. The van der Waals surface area contributed by atoms with Crippen molar-refractivity contribution in [2.75, 3.05) is 23.3 Å². The van der Waals surface area contributed by atoms with Gasteiger partial charge >= 0.3 is 0 Å². The normalized spacial score (nSPS) is 17.4. The molecule has 0 bridgehead atoms. The van der Waals surface area contributed by atoms with Gasteiger partial charge in [-0.05, 0) is 38.1 Å². The number of alkyl halides is 2. The van der Waals surface area contributed by atoms with Crippen molar-refractivity contribution in [2.45, 2.75) is 25.8 Å². The van der Waals surface area contributed by atoms with Crippen molar-refractivity contribution in [3.63, 3.8) is 0 Å². The summed E-state index contributed by atoms with van der Waals surface area (Å²) in [7, 11) is 0. The topological polar surface area (TPSA) is 28.2 Å². The Bertz CT molecular complexity index is 632. The van der Waals surface area contributed by atoms with E-state index in [1.54, 1.807) is 11.1 Å². The molecular formula is C15H17F2N3. The fourth-order valence-corrected chi connectivity index (χ4v) is 2.46. The summed E-state index contributed by atoms with van der Waals surface area (Å²) in [6.45, 7) is 3.72. The molecule has 0 aliphatic carbocycles. The highest BCUT2D eigenvalue weighted by atomic mass is 19.3. The van der Waals surface area contributed by atoms with E-state index >= 15 is 0 Å². The van der Waals surface area contributed by atoms with Gasteiger partial charge in [0.05, 0.1) is 18.6 Å². The van der Waals surface area contributed by atoms with Gasteiger partial charge in [-0.25, -0.2) is 8.78 Å². The van der Waals surface area contributed by atoms with Gasteiger partial charge in [0.2, 0.25) is 0 Å². The second-order valence-corrected chi connectivity index (χ2v) is 5.57. The van der Waals surface area contributed by atoms with Crippen LogP contribution in [0.1, 0.15) is 13.8 Å². The summed E-state index contributed by atoms with van der Waals surface area (Å²) in [5, 5.41) is 4.33. The summed E-state index contributed by atoms with van der Waals surface area (Å²) < 4.78 is 25.9. The number of halogens is 2. The lowest BCUT2D eigenvalue weighted by molar-refractivity contribution is -0.0262. The first-order valence-corrected chi connectivity index (χ1v) is 6.73. The second kappa shape index (κ2) is 4.58. The van der Waals surface area contributed by atoms with E-state index in [1.165, 1.54) is 0 Å². The van der Waals surface area contributed by atoms with E-state index in [4.69, 9.17) is 0 Å². The minimum atomic E-state index is -2.55. The molecule has 106 valence electrons. The van der Waals surface area contributed by atoms with Crippen molar-refractivity contribution in [3.05, 3.63) is 30.5 Å². The molecule has 1 N–H and O–H groups in total. The zero-order valence-corrected chi connectivity index (χ0v) is 11.5. The van der Waals surface area contributed by atoms with Crippen LogP contribution in [0.4, 0.5) is 20.2 Å². The van der Waals surface area contributed by atoms with Crippen LogP contribution in [0.25, 0.3) is 10.9 Å². The van der Waals surface area contributed by atoms with Crippen LogP contribution in [0.2, 0.25) is 0 Å². The van der Waals surface area contributed by atoms with Crippen molar-refractivity contribution < 1.29 is 8.78 Å². The second-order valence-electron chi connectivity index (χ2n) is 5.57. The number of hydrogen-bond acceptors (Lipinski definition) is 3. The summed E-state index contributed by atoms with van der Waals surface area (Å²) in [6.07, 6.45) is 1.75. The molecule has 0 atom stereocenters. The van der Waals surface area contributed by atoms with Gasteiger partial charge in [-0.2, -0.15) is 0 Å². The Morgan fingerprint density at radius 2 is 2.00 bits per heavy atom. The van der Waals surface area contributed by atoms with Gasteiger partial charge in [-0.1, -0.05) is 0 Å². The highest BCUT2D eigenvalue weighted by Gasteiger charge is 2.43. The molecule has 0 saturated carbocycles. The van der Waals surface area contributed by atoms with Crippen molar-refractivity contribution in [1.29, 1.82) is 0 Å². The molecule has 0 amide bonds. The molecule has 20 heavy (non-hydrogen) atoms. The van der Waals surface area contributed by atoms with E-state index < -0.39 is 5.92 Å². The fraction of sp³-hybridized carbons (Fsp3) is 0.400. The van der Waals surface area contributed by atoms with Crippen molar-refractivity contribution in [3.8, 4) is 0 Å². The van der Waals surface area contributed by atoms with Crippen LogP contribution in [-0.4, -0.2) is 30.0 Å². The van der Waals surface area contributed by atoms with E-state index in [2.05, 4.69) is 24.1 Å². The molecule has 1 saturated heterocycles. The number of pyridine rings is 1. The maximum atomic E-state index is 13.0. The van der Waals surface area contributed by atoms with Crippen molar-refractivity contribution in [1.82, 2.24) is 4.98 Å². The molecule has 0 spiro atoms. The minimum absolute atomic E-state index is 0.203. The highest BCUT2D eigenvalue weighted by Crippen LogP contribution is 2.34. The van der Waals surface area contributed by atoms with E-state index in [1.807, 2.05) is 24.3 Å². The Balaban J connectivity index is 1.97. The molecule has 1 aliphatic heterocycles. The molecule has 1 fully saturated rings. The molecular weight excluding hydrogens is 260 g/mol. The zero-order valence-electron chi connectivity index (χ0n) is 11.5. The van der Waals surface area contributed by atoms with Crippen LogP contribution in [0, 0.1) is 0 Å². The third kappa shape index (κ3) is 2.40. The average Bonchev–Trinajstić information content (AvgIpc) is 2.35. The van der Waals surface area contributed by atoms with Crippen molar-refractivity contribution >= 4 is 22.3 Å². The molecule has 1 aromatic carbocycles. The average molecular weight is 277 g/mol. The van der Waals surface area contributed by atoms with Crippen LogP contribution in [0.5, 0.6) is 0 Å². The summed E-state index contributed by atoms with van der Waals surface area (Å²) in [6, 6.07) is 7.88. The molecule has 3 rings (SSSR count). The maximum absolute atomic E-state index is 13.0. The number of nitrogens with one attached hydrogen (secondary N) is 1. The predicted molar refractivity (Wildman–Crippen MR) is 77.7 cm³/mol. The number of hydrogen-bond donors (Lipinski definition) is 1. The lowest BCUT2D eigenvalue weighted by Crippen LogP contribution is -2.56. The number of benzene rings is 1. The van der Waals surface area contributed by atoms with Gasteiger partial charge in [-0.15, -0.1) is 0 Å². The Labute approximate surface area is 116 Å². The molecule has 3 nitrogen and oxygen atoms in total. The summed E-state index contributed by atoms with van der Waals surface area (Å²) in [5.41, 5.74) is 2.68. The largest absolute Gasteiger partial charge is 0.382 e. The van der Waals surface area contributed by atoms with E-state index in [0.29, 0.717) is 6.04 Å². The van der Waals surface area contributed by atoms with Crippen LogP contribution in [-0.2, 0) is 0 Å². The van der Waals surface area contributed by atoms with Crippen molar-refractivity contribution in [2.24, 2.45) is 0 Å². The number of anilines is 2. The first kappa shape index (κ1) is 13.1. The first-order valence-electron chi connectivity index (χ1n) is 6.73. The molecule has 2 heterocycles. The van der Waals surface area contributed by atoms with E-state index in [0.717, 1.165) is 22.3 Å². The Hall–Kier alpha value is -1.91. The predicted octanol–water partition coefficient (Wildman–Crippen LogP) is 3.51. The summed E-state index contributed by atoms with van der Waals surface area (Å²) in [5.74, 6) is -2.55. The van der Waals surface area contributed by atoms with Gasteiger partial charge in [0, 0.05) is 29.0 Å². The first-order chi connectivity index (χ1) is 9.44. The lowest BCUT2D eigenvalue weighted by Gasteiger charge is -2.40. The smallest absolute Gasteiger partial charge is 0.282 e. The Kier molecular flexibility index (Phi) is 3.00.